The number of halogens is 1. The number of aliphatic hydroxyl groups excluding tert-OH is 1. The quantitative estimate of drug-likeness (QED) is 0.850. The molecule has 1 saturated carbocycles. The lowest BCUT2D eigenvalue weighted by Crippen LogP contribution is -2.33. The second-order valence-electron chi connectivity index (χ2n) is 5.13. The number of pyridine rings is 1. The fraction of sp³-hybridized carbons (Fsp3) is 0.333. The normalized spacial score (nSPS) is 16.1. The van der Waals surface area contributed by atoms with E-state index in [1.54, 1.807) is 6.07 Å². The zero-order valence-corrected chi connectivity index (χ0v) is 11.6. The minimum atomic E-state index is -0.463. The minimum absolute atomic E-state index is 0.260. The zero-order chi connectivity index (χ0) is 14.1. The molecule has 0 radical (unpaired) electrons. The summed E-state index contributed by atoms with van der Waals surface area (Å²) in [6.45, 7) is 0.260. The number of nitrogens with one attached hydrogen (secondary N) is 1. The van der Waals surface area contributed by atoms with E-state index in [-0.39, 0.29) is 18.1 Å². The van der Waals surface area contributed by atoms with Gasteiger partial charge >= 0.3 is 0 Å². The van der Waals surface area contributed by atoms with Gasteiger partial charge in [0.2, 0.25) is 0 Å². The van der Waals surface area contributed by atoms with Crippen LogP contribution in [-0.4, -0.2) is 28.6 Å². The second-order valence-corrected chi connectivity index (χ2v) is 5.49. The van der Waals surface area contributed by atoms with Gasteiger partial charge in [0.1, 0.15) is 10.8 Å². The average molecular weight is 291 g/mol. The fourth-order valence-corrected chi connectivity index (χ4v) is 2.47. The van der Waals surface area contributed by atoms with Crippen LogP contribution in [0, 0.1) is 5.92 Å². The van der Waals surface area contributed by atoms with Gasteiger partial charge in [0.25, 0.3) is 5.91 Å². The number of rotatable bonds is 4. The minimum Gasteiger partial charge on any atom is -0.391 e. The molecule has 1 aliphatic rings. The van der Waals surface area contributed by atoms with Gasteiger partial charge < -0.3 is 10.4 Å². The van der Waals surface area contributed by atoms with E-state index in [0.717, 1.165) is 23.6 Å². The number of aromatic nitrogens is 1. The molecule has 1 atom stereocenters. The van der Waals surface area contributed by atoms with Crippen LogP contribution in [0.3, 0.4) is 0 Å². The molecule has 104 valence electrons. The molecule has 1 aromatic carbocycles. The SMILES string of the molecule is O=C(NCC(O)C1CC1)c1cc2ccccc2c(Cl)n1. The maximum absolute atomic E-state index is 12.0. The van der Waals surface area contributed by atoms with Gasteiger partial charge in [0.05, 0.1) is 6.10 Å². The number of aliphatic hydroxyl groups is 1. The number of hydrogen-bond donors (Lipinski definition) is 2. The lowest BCUT2D eigenvalue weighted by atomic mass is 10.1. The number of nitrogens with zero attached hydrogens (tertiary/aromatic N) is 1. The molecule has 1 aromatic heterocycles. The standard InChI is InChI=1S/C15H15ClN2O2/c16-14-11-4-2-1-3-10(11)7-12(18-14)15(20)17-8-13(19)9-5-6-9/h1-4,7,9,13,19H,5-6,8H2,(H,17,20). The lowest BCUT2D eigenvalue weighted by molar-refractivity contribution is 0.0896. The van der Waals surface area contributed by atoms with Crippen LogP contribution in [-0.2, 0) is 0 Å². The van der Waals surface area contributed by atoms with E-state index in [4.69, 9.17) is 11.6 Å². The third-order valence-electron chi connectivity index (χ3n) is 3.56. The van der Waals surface area contributed by atoms with Crippen molar-refractivity contribution in [1.82, 2.24) is 10.3 Å². The van der Waals surface area contributed by atoms with Gasteiger partial charge in [-0.1, -0.05) is 35.9 Å². The molecule has 0 aliphatic heterocycles. The van der Waals surface area contributed by atoms with Crippen molar-refractivity contribution in [3.05, 3.63) is 41.2 Å². The highest BCUT2D eigenvalue weighted by atomic mass is 35.5. The number of fused-ring (bicyclic) bond motifs is 1. The van der Waals surface area contributed by atoms with E-state index in [9.17, 15) is 9.90 Å². The summed E-state index contributed by atoms with van der Waals surface area (Å²) in [6, 6.07) is 9.22. The van der Waals surface area contributed by atoms with Crippen molar-refractivity contribution in [3.8, 4) is 0 Å². The molecule has 2 aromatic rings. The van der Waals surface area contributed by atoms with Crippen molar-refractivity contribution >= 4 is 28.3 Å². The van der Waals surface area contributed by atoms with Crippen LogP contribution in [0.2, 0.25) is 5.15 Å². The molecule has 4 nitrogen and oxygen atoms in total. The Kier molecular flexibility index (Phi) is 3.59. The molecule has 0 spiro atoms. The third kappa shape index (κ3) is 2.76. The lowest BCUT2D eigenvalue weighted by Gasteiger charge is -2.11. The number of amides is 1. The largest absolute Gasteiger partial charge is 0.391 e. The Morgan fingerprint density at radius 1 is 1.45 bits per heavy atom. The van der Waals surface area contributed by atoms with Gasteiger partial charge in [-0.15, -0.1) is 0 Å². The Balaban J connectivity index is 1.77. The number of hydrogen-bond acceptors (Lipinski definition) is 3. The summed E-state index contributed by atoms with van der Waals surface area (Å²) < 4.78 is 0. The summed E-state index contributed by atoms with van der Waals surface area (Å²) in [6.07, 6.45) is 1.61. The monoisotopic (exact) mass is 290 g/mol. The van der Waals surface area contributed by atoms with E-state index in [1.807, 2.05) is 24.3 Å². The topological polar surface area (TPSA) is 62.2 Å². The first-order chi connectivity index (χ1) is 9.65. The van der Waals surface area contributed by atoms with Crippen LogP contribution in [0.15, 0.2) is 30.3 Å². The molecular weight excluding hydrogens is 276 g/mol. The predicted molar refractivity (Wildman–Crippen MR) is 77.8 cm³/mol. The van der Waals surface area contributed by atoms with Crippen LogP contribution in [0.25, 0.3) is 10.8 Å². The van der Waals surface area contributed by atoms with Crippen molar-refractivity contribution in [2.75, 3.05) is 6.54 Å². The summed E-state index contributed by atoms with van der Waals surface area (Å²) >= 11 is 6.09. The van der Waals surface area contributed by atoms with Gasteiger partial charge in [0.15, 0.2) is 0 Å². The number of benzene rings is 1. The van der Waals surface area contributed by atoms with Crippen LogP contribution in [0.1, 0.15) is 23.3 Å². The van der Waals surface area contributed by atoms with Crippen LogP contribution < -0.4 is 5.32 Å². The van der Waals surface area contributed by atoms with Crippen molar-refractivity contribution in [1.29, 1.82) is 0 Å². The summed E-state index contributed by atoms with van der Waals surface area (Å²) in [7, 11) is 0. The predicted octanol–water partition coefficient (Wildman–Crippen LogP) is 2.39. The Bertz CT molecular complexity index is 655. The molecule has 2 N–H and O–H groups in total. The van der Waals surface area contributed by atoms with Gasteiger partial charge in [-0.3, -0.25) is 4.79 Å². The van der Waals surface area contributed by atoms with E-state index < -0.39 is 6.10 Å². The summed E-state index contributed by atoms with van der Waals surface area (Å²) in [5, 5.41) is 14.5. The van der Waals surface area contributed by atoms with Crippen molar-refractivity contribution in [2.24, 2.45) is 5.92 Å². The fourth-order valence-electron chi connectivity index (χ4n) is 2.21. The first-order valence-corrected chi connectivity index (χ1v) is 7.04. The molecule has 1 amide bonds. The Morgan fingerprint density at radius 2 is 2.20 bits per heavy atom. The number of carbonyl (C=O) groups excluding carboxylic acids is 1. The maximum atomic E-state index is 12.0. The van der Waals surface area contributed by atoms with Crippen molar-refractivity contribution < 1.29 is 9.90 Å². The van der Waals surface area contributed by atoms with Crippen LogP contribution >= 0.6 is 11.6 Å². The van der Waals surface area contributed by atoms with Gasteiger partial charge in [-0.2, -0.15) is 0 Å². The highest BCUT2D eigenvalue weighted by Gasteiger charge is 2.29. The van der Waals surface area contributed by atoms with Crippen LogP contribution in [0.4, 0.5) is 0 Å². The molecular formula is C15H15ClN2O2. The second kappa shape index (κ2) is 5.38. The number of carbonyl (C=O) groups is 1. The molecule has 1 aliphatic carbocycles. The maximum Gasteiger partial charge on any atom is 0.270 e. The van der Waals surface area contributed by atoms with Gasteiger partial charge in [0, 0.05) is 11.9 Å². The highest BCUT2D eigenvalue weighted by Crippen LogP contribution is 2.32. The molecule has 20 heavy (non-hydrogen) atoms. The van der Waals surface area contributed by atoms with Gasteiger partial charge in [-0.05, 0) is 30.2 Å². The molecule has 0 saturated heterocycles. The first kappa shape index (κ1) is 13.3. The van der Waals surface area contributed by atoms with Crippen molar-refractivity contribution in [3.63, 3.8) is 0 Å². The molecule has 3 rings (SSSR count). The van der Waals surface area contributed by atoms with E-state index >= 15 is 0 Å². The summed E-state index contributed by atoms with van der Waals surface area (Å²) in [5.74, 6) is 0.0285. The Hall–Kier alpha value is -1.65. The summed E-state index contributed by atoms with van der Waals surface area (Å²) in [4.78, 5) is 16.2. The molecule has 5 heteroatoms. The summed E-state index contributed by atoms with van der Waals surface area (Å²) in [5.41, 5.74) is 0.275. The molecule has 1 heterocycles. The van der Waals surface area contributed by atoms with E-state index in [0.29, 0.717) is 11.1 Å². The Labute approximate surface area is 121 Å². The van der Waals surface area contributed by atoms with E-state index in [1.165, 1.54) is 0 Å². The first-order valence-electron chi connectivity index (χ1n) is 6.66. The van der Waals surface area contributed by atoms with Crippen LogP contribution in [0.5, 0.6) is 0 Å². The Morgan fingerprint density at radius 3 is 2.95 bits per heavy atom. The smallest absolute Gasteiger partial charge is 0.270 e. The molecule has 1 fully saturated rings. The van der Waals surface area contributed by atoms with Gasteiger partial charge in [-0.25, -0.2) is 4.98 Å². The van der Waals surface area contributed by atoms with Crippen molar-refractivity contribution in [2.45, 2.75) is 18.9 Å². The zero-order valence-electron chi connectivity index (χ0n) is 10.8. The average Bonchev–Trinajstić information content (AvgIpc) is 3.29. The highest BCUT2D eigenvalue weighted by molar-refractivity contribution is 6.34. The third-order valence-corrected chi connectivity index (χ3v) is 3.85. The van der Waals surface area contributed by atoms with E-state index in [2.05, 4.69) is 10.3 Å². The molecule has 0 bridgehead atoms. The molecule has 1 unspecified atom stereocenters.